The van der Waals surface area contributed by atoms with Crippen LogP contribution in [-0.4, -0.2) is 42.7 Å². The molecule has 0 saturated heterocycles. The Balaban J connectivity index is 2.62. The smallest absolute Gasteiger partial charge is 0.342 e. The third kappa shape index (κ3) is 6.08. The first-order valence-corrected chi connectivity index (χ1v) is 7.65. The first-order valence-electron chi connectivity index (χ1n) is 7.27. The molecule has 0 spiro atoms. The van der Waals surface area contributed by atoms with Gasteiger partial charge in [0.05, 0.1) is 7.11 Å². The highest BCUT2D eigenvalue weighted by Gasteiger charge is 2.23. The number of rotatable bonds is 7. The van der Waals surface area contributed by atoms with Crippen molar-refractivity contribution < 1.29 is 29.0 Å². The normalized spacial score (nSPS) is 11.7. The zero-order valence-corrected chi connectivity index (χ0v) is 14.4. The Hall–Kier alpha value is -2.28. The van der Waals surface area contributed by atoms with E-state index in [2.05, 4.69) is 10.1 Å². The van der Waals surface area contributed by atoms with Crippen LogP contribution in [0.3, 0.4) is 0 Å². The standard InChI is InChI=1S/C16H20ClNO6/c1-9(2)6-12(16(22)23-3)18-14(20)8-24-15(21)11-7-10(17)4-5-13(11)19/h4-5,7,9,12,19H,6,8H2,1-3H3,(H,18,20)/t12-/m0/s1. The molecule has 132 valence electrons. The van der Waals surface area contributed by atoms with E-state index in [1.807, 2.05) is 13.8 Å². The van der Waals surface area contributed by atoms with Crippen molar-refractivity contribution >= 4 is 29.4 Å². The number of hydrogen-bond donors (Lipinski definition) is 2. The van der Waals surface area contributed by atoms with Crippen LogP contribution < -0.4 is 5.32 Å². The summed E-state index contributed by atoms with van der Waals surface area (Å²) < 4.78 is 9.45. The van der Waals surface area contributed by atoms with Crippen LogP contribution in [0.4, 0.5) is 0 Å². The van der Waals surface area contributed by atoms with E-state index in [4.69, 9.17) is 16.3 Å². The lowest BCUT2D eigenvalue weighted by molar-refractivity contribution is -0.145. The first-order chi connectivity index (χ1) is 11.2. The number of methoxy groups -OCH3 is 1. The number of carbonyl (C=O) groups excluding carboxylic acids is 3. The number of ether oxygens (including phenoxy) is 2. The van der Waals surface area contributed by atoms with Crippen LogP contribution in [0.15, 0.2) is 18.2 Å². The lowest BCUT2D eigenvalue weighted by Gasteiger charge is -2.18. The van der Waals surface area contributed by atoms with E-state index < -0.39 is 30.5 Å². The Kier molecular flexibility index (Phi) is 7.51. The largest absolute Gasteiger partial charge is 0.507 e. The summed E-state index contributed by atoms with van der Waals surface area (Å²) in [6.45, 7) is 3.18. The van der Waals surface area contributed by atoms with Crippen molar-refractivity contribution in [2.45, 2.75) is 26.3 Å². The van der Waals surface area contributed by atoms with Gasteiger partial charge in [0, 0.05) is 5.02 Å². The number of aromatic hydroxyl groups is 1. The highest BCUT2D eigenvalue weighted by Crippen LogP contribution is 2.22. The van der Waals surface area contributed by atoms with Gasteiger partial charge in [0.25, 0.3) is 5.91 Å². The van der Waals surface area contributed by atoms with E-state index in [-0.39, 0.29) is 22.3 Å². The van der Waals surface area contributed by atoms with Gasteiger partial charge >= 0.3 is 11.9 Å². The molecule has 24 heavy (non-hydrogen) atoms. The maximum absolute atomic E-state index is 11.9. The molecule has 0 bridgehead atoms. The van der Waals surface area contributed by atoms with Gasteiger partial charge < -0.3 is 19.9 Å². The van der Waals surface area contributed by atoms with Gasteiger partial charge in [-0.25, -0.2) is 9.59 Å². The second-order valence-electron chi connectivity index (χ2n) is 5.51. The van der Waals surface area contributed by atoms with Crippen molar-refractivity contribution in [3.8, 4) is 5.75 Å². The van der Waals surface area contributed by atoms with Crippen molar-refractivity contribution in [3.05, 3.63) is 28.8 Å². The molecule has 0 radical (unpaired) electrons. The van der Waals surface area contributed by atoms with Crippen molar-refractivity contribution in [1.82, 2.24) is 5.32 Å². The number of carbonyl (C=O) groups is 3. The predicted octanol–water partition coefficient (Wildman–Crippen LogP) is 1.91. The summed E-state index contributed by atoms with van der Waals surface area (Å²) in [5.74, 6) is -2.28. The zero-order chi connectivity index (χ0) is 18.3. The van der Waals surface area contributed by atoms with Crippen LogP contribution in [0.25, 0.3) is 0 Å². The molecule has 0 aliphatic heterocycles. The van der Waals surface area contributed by atoms with E-state index in [1.54, 1.807) is 0 Å². The maximum atomic E-state index is 11.9. The highest BCUT2D eigenvalue weighted by molar-refractivity contribution is 6.31. The molecule has 8 heteroatoms. The summed E-state index contributed by atoms with van der Waals surface area (Å²) in [5.41, 5.74) is -0.151. The molecule has 0 saturated carbocycles. The Morgan fingerprint density at radius 2 is 1.96 bits per heavy atom. The molecule has 0 unspecified atom stereocenters. The molecule has 0 aliphatic rings. The van der Waals surface area contributed by atoms with Crippen molar-refractivity contribution in [1.29, 1.82) is 0 Å². The van der Waals surface area contributed by atoms with Crippen molar-refractivity contribution in [2.24, 2.45) is 5.92 Å². The molecule has 0 aromatic heterocycles. The van der Waals surface area contributed by atoms with Crippen molar-refractivity contribution in [2.75, 3.05) is 13.7 Å². The van der Waals surface area contributed by atoms with Gasteiger partial charge in [-0.15, -0.1) is 0 Å². The molecule has 1 amide bonds. The monoisotopic (exact) mass is 357 g/mol. The van der Waals surface area contributed by atoms with Gasteiger partial charge in [-0.3, -0.25) is 4.79 Å². The molecule has 0 heterocycles. The Labute approximate surface area is 144 Å². The second kappa shape index (κ2) is 9.12. The Morgan fingerprint density at radius 1 is 1.29 bits per heavy atom. The van der Waals surface area contributed by atoms with E-state index >= 15 is 0 Å². The summed E-state index contributed by atoms with van der Waals surface area (Å²) in [5, 5.41) is 12.3. The fourth-order valence-corrected chi connectivity index (χ4v) is 2.12. The predicted molar refractivity (Wildman–Crippen MR) is 86.8 cm³/mol. The quantitative estimate of drug-likeness (QED) is 0.723. The molecule has 1 aromatic rings. The molecule has 7 nitrogen and oxygen atoms in total. The van der Waals surface area contributed by atoms with Crippen LogP contribution in [0.2, 0.25) is 5.02 Å². The number of hydrogen-bond acceptors (Lipinski definition) is 6. The second-order valence-corrected chi connectivity index (χ2v) is 5.95. The summed E-state index contributed by atoms with van der Waals surface area (Å²) in [4.78, 5) is 35.4. The lowest BCUT2D eigenvalue weighted by atomic mass is 10.0. The van der Waals surface area contributed by atoms with Crippen LogP contribution in [0.5, 0.6) is 5.75 Å². The number of benzene rings is 1. The Morgan fingerprint density at radius 3 is 2.54 bits per heavy atom. The van der Waals surface area contributed by atoms with Crippen LogP contribution in [0, 0.1) is 5.92 Å². The summed E-state index contributed by atoms with van der Waals surface area (Å²) in [7, 11) is 1.23. The maximum Gasteiger partial charge on any atom is 0.342 e. The number of esters is 2. The van der Waals surface area contributed by atoms with Gasteiger partial charge in [0.15, 0.2) is 6.61 Å². The topological polar surface area (TPSA) is 102 Å². The van der Waals surface area contributed by atoms with E-state index in [0.29, 0.717) is 6.42 Å². The van der Waals surface area contributed by atoms with Gasteiger partial charge in [0.2, 0.25) is 0 Å². The minimum Gasteiger partial charge on any atom is -0.507 e. The zero-order valence-electron chi connectivity index (χ0n) is 13.7. The number of halogens is 1. The molecule has 1 rings (SSSR count). The summed E-state index contributed by atoms with van der Waals surface area (Å²) in [6, 6.07) is 3.07. The van der Waals surface area contributed by atoms with Crippen LogP contribution in [0.1, 0.15) is 30.6 Å². The average molecular weight is 358 g/mol. The van der Waals surface area contributed by atoms with Crippen LogP contribution in [-0.2, 0) is 19.1 Å². The van der Waals surface area contributed by atoms with Crippen molar-refractivity contribution in [3.63, 3.8) is 0 Å². The van der Waals surface area contributed by atoms with Gasteiger partial charge in [0.1, 0.15) is 17.4 Å². The lowest BCUT2D eigenvalue weighted by Crippen LogP contribution is -2.44. The molecule has 0 aliphatic carbocycles. The third-order valence-corrected chi connectivity index (χ3v) is 3.28. The summed E-state index contributed by atoms with van der Waals surface area (Å²) in [6.07, 6.45) is 0.390. The number of nitrogens with one attached hydrogen (secondary N) is 1. The minimum atomic E-state index is -0.899. The number of phenols is 1. The summed E-state index contributed by atoms with van der Waals surface area (Å²) >= 11 is 5.74. The molecular formula is C16H20ClNO6. The fraction of sp³-hybridized carbons (Fsp3) is 0.438. The number of phenolic OH excluding ortho intramolecular Hbond substituents is 1. The fourth-order valence-electron chi connectivity index (χ4n) is 1.94. The number of amides is 1. The van der Waals surface area contributed by atoms with E-state index in [0.717, 1.165) is 0 Å². The first kappa shape index (κ1) is 19.8. The molecule has 0 fully saturated rings. The minimum absolute atomic E-state index is 0.151. The van der Waals surface area contributed by atoms with Crippen LogP contribution >= 0.6 is 11.6 Å². The molecular weight excluding hydrogens is 338 g/mol. The molecule has 2 N–H and O–H groups in total. The highest BCUT2D eigenvalue weighted by atomic mass is 35.5. The molecule has 1 atom stereocenters. The SMILES string of the molecule is COC(=O)[C@H](CC(C)C)NC(=O)COC(=O)c1cc(Cl)ccc1O. The van der Waals surface area contributed by atoms with Gasteiger partial charge in [-0.2, -0.15) is 0 Å². The van der Waals surface area contributed by atoms with Gasteiger partial charge in [-0.05, 0) is 30.5 Å². The third-order valence-electron chi connectivity index (χ3n) is 3.04. The average Bonchev–Trinajstić information content (AvgIpc) is 2.53. The van der Waals surface area contributed by atoms with Gasteiger partial charge in [-0.1, -0.05) is 25.4 Å². The Bertz CT molecular complexity index is 617. The molecule has 1 aromatic carbocycles. The van der Waals surface area contributed by atoms with E-state index in [1.165, 1.54) is 25.3 Å². The van der Waals surface area contributed by atoms with E-state index in [9.17, 15) is 19.5 Å².